The highest BCUT2D eigenvalue weighted by Gasteiger charge is 2.23. The zero-order valence-electron chi connectivity index (χ0n) is 8.82. The highest BCUT2D eigenvalue weighted by Crippen LogP contribution is 2.30. The van der Waals surface area contributed by atoms with Gasteiger partial charge in [0.05, 0.1) is 5.25 Å². The summed E-state index contributed by atoms with van der Waals surface area (Å²) in [6.07, 6.45) is 5.98. The Hall–Kier alpha value is -0.610. The van der Waals surface area contributed by atoms with Crippen molar-refractivity contribution in [2.45, 2.75) is 32.4 Å². The Morgan fingerprint density at radius 3 is 2.29 bits per heavy atom. The van der Waals surface area contributed by atoms with Crippen LogP contribution in [0.25, 0.3) is 0 Å². The summed E-state index contributed by atoms with van der Waals surface area (Å²) in [6, 6.07) is 0. The van der Waals surface area contributed by atoms with Crippen molar-refractivity contribution in [3.63, 3.8) is 0 Å². The molecule has 4 heteroatoms. The second-order valence-corrected chi connectivity index (χ2v) is 6.42. The fourth-order valence-electron chi connectivity index (χ4n) is 1.40. The van der Waals surface area contributed by atoms with E-state index in [1.807, 2.05) is 12.2 Å². The third kappa shape index (κ3) is 2.69. The molecule has 0 radical (unpaired) electrons. The molecule has 0 saturated heterocycles. The van der Waals surface area contributed by atoms with Crippen molar-refractivity contribution in [2.24, 2.45) is 10.6 Å². The minimum absolute atomic E-state index is 0.0693. The summed E-state index contributed by atoms with van der Waals surface area (Å²) in [7, 11) is -3.43. The fourth-order valence-corrected chi connectivity index (χ4v) is 2.06. The van der Waals surface area contributed by atoms with Gasteiger partial charge in [-0.3, -0.25) is 0 Å². The average Bonchev–Trinajstić information content (AvgIpc) is 2.01. The molecule has 1 aliphatic carbocycles. The lowest BCUT2D eigenvalue weighted by atomic mass is 9.84. The van der Waals surface area contributed by atoms with E-state index < -0.39 is 15.3 Å². The Balaban J connectivity index is 2.83. The number of allylic oxidation sites excluding steroid dienone is 3. The zero-order chi connectivity index (χ0) is 11.0. The molecule has 2 N–H and O–H groups in total. The standard InChI is InChI=1S/C10H17NO2S/c1-10(2,3)8-4-6-9(7-5-8)14(11,12)13/h4-6,9H,7H2,1-3H3,(H2,11,12,13). The van der Waals surface area contributed by atoms with Crippen LogP contribution < -0.4 is 5.14 Å². The monoisotopic (exact) mass is 215 g/mol. The number of hydrogen-bond acceptors (Lipinski definition) is 2. The summed E-state index contributed by atoms with van der Waals surface area (Å²) in [6.45, 7) is 6.29. The van der Waals surface area contributed by atoms with Crippen molar-refractivity contribution in [1.29, 1.82) is 0 Å². The van der Waals surface area contributed by atoms with Crippen LogP contribution in [-0.4, -0.2) is 13.7 Å². The molecule has 0 aliphatic heterocycles. The molecule has 1 unspecified atom stereocenters. The van der Waals surface area contributed by atoms with Crippen LogP contribution in [0.5, 0.6) is 0 Å². The van der Waals surface area contributed by atoms with Crippen molar-refractivity contribution in [1.82, 2.24) is 0 Å². The van der Waals surface area contributed by atoms with Crippen LogP contribution in [0.15, 0.2) is 23.8 Å². The predicted molar refractivity (Wildman–Crippen MR) is 58.2 cm³/mol. The van der Waals surface area contributed by atoms with E-state index in [9.17, 15) is 8.42 Å². The lowest BCUT2D eigenvalue weighted by Gasteiger charge is -2.24. The Kier molecular flexibility index (Phi) is 2.88. The van der Waals surface area contributed by atoms with Gasteiger partial charge in [0.15, 0.2) is 0 Å². The van der Waals surface area contributed by atoms with Crippen molar-refractivity contribution < 1.29 is 8.42 Å². The summed E-state index contributed by atoms with van der Waals surface area (Å²) in [5, 5.41) is 4.51. The molecule has 0 aromatic rings. The van der Waals surface area contributed by atoms with Crippen molar-refractivity contribution in [3.05, 3.63) is 23.8 Å². The first kappa shape index (κ1) is 11.5. The highest BCUT2D eigenvalue weighted by atomic mass is 32.2. The first-order valence-corrected chi connectivity index (χ1v) is 6.22. The van der Waals surface area contributed by atoms with Gasteiger partial charge in [0.2, 0.25) is 10.0 Å². The second kappa shape index (κ2) is 3.51. The quantitative estimate of drug-likeness (QED) is 0.722. The maximum atomic E-state index is 11.0. The van der Waals surface area contributed by atoms with E-state index in [2.05, 4.69) is 20.8 Å². The van der Waals surface area contributed by atoms with Crippen molar-refractivity contribution in [3.8, 4) is 0 Å². The molecule has 3 nitrogen and oxygen atoms in total. The van der Waals surface area contributed by atoms with Gasteiger partial charge in [-0.15, -0.1) is 0 Å². The van der Waals surface area contributed by atoms with Crippen molar-refractivity contribution in [2.75, 3.05) is 0 Å². The van der Waals surface area contributed by atoms with Gasteiger partial charge in [-0.1, -0.05) is 39.0 Å². The summed E-state index contributed by atoms with van der Waals surface area (Å²) < 4.78 is 22.1. The van der Waals surface area contributed by atoms with E-state index in [0.29, 0.717) is 6.42 Å². The lowest BCUT2D eigenvalue weighted by Crippen LogP contribution is -2.28. The molecule has 0 heterocycles. The molecule has 0 spiro atoms. The third-order valence-electron chi connectivity index (χ3n) is 2.35. The molecule has 1 aliphatic rings. The van der Waals surface area contributed by atoms with Crippen LogP contribution in [0.2, 0.25) is 0 Å². The summed E-state index contributed by atoms with van der Waals surface area (Å²) in [5.41, 5.74) is 1.23. The molecule has 0 aromatic heterocycles. The van der Waals surface area contributed by atoms with E-state index in [4.69, 9.17) is 5.14 Å². The van der Waals surface area contributed by atoms with E-state index >= 15 is 0 Å². The molecule has 1 rings (SSSR count). The largest absolute Gasteiger partial charge is 0.228 e. The van der Waals surface area contributed by atoms with E-state index in [1.165, 1.54) is 0 Å². The molecule has 1 atom stereocenters. The third-order valence-corrected chi connectivity index (χ3v) is 3.54. The van der Waals surface area contributed by atoms with E-state index in [0.717, 1.165) is 5.57 Å². The topological polar surface area (TPSA) is 60.2 Å². The van der Waals surface area contributed by atoms with Gasteiger partial charge >= 0.3 is 0 Å². The molecule has 0 aromatic carbocycles. The highest BCUT2D eigenvalue weighted by molar-refractivity contribution is 7.89. The van der Waals surface area contributed by atoms with Gasteiger partial charge in [0, 0.05) is 0 Å². The van der Waals surface area contributed by atoms with Crippen LogP contribution in [0.1, 0.15) is 27.2 Å². The Labute approximate surface area is 85.7 Å². The summed E-state index contributed by atoms with van der Waals surface area (Å²) in [5.74, 6) is 0. The van der Waals surface area contributed by atoms with E-state index in [1.54, 1.807) is 6.08 Å². The Morgan fingerprint density at radius 2 is 2.00 bits per heavy atom. The Bertz CT molecular complexity index is 371. The van der Waals surface area contributed by atoms with Gasteiger partial charge < -0.3 is 0 Å². The van der Waals surface area contributed by atoms with Gasteiger partial charge in [-0.05, 0) is 17.4 Å². The molecule has 80 valence electrons. The molecule has 0 saturated carbocycles. The normalized spacial score (nSPS) is 23.4. The minimum Gasteiger partial charge on any atom is -0.228 e. The molecular weight excluding hydrogens is 198 g/mol. The van der Waals surface area contributed by atoms with Gasteiger partial charge in [0.1, 0.15) is 0 Å². The van der Waals surface area contributed by atoms with Gasteiger partial charge in [0.25, 0.3) is 0 Å². The molecule has 0 bridgehead atoms. The van der Waals surface area contributed by atoms with Crippen LogP contribution >= 0.6 is 0 Å². The fraction of sp³-hybridized carbons (Fsp3) is 0.600. The second-order valence-electron chi connectivity index (χ2n) is 4.63. The van der Waals surface area contributed by atoms with Gasteiger partial charge in [-0.25, -0.2) is 13.6 Å². The number of primary sulfonamides is 1. The van der Waals surface area contributed by atoms with E-state index in [-0.39, 0.29) is 5.41 Å². The molecule has 0 fully saturated rings. The number of nitrogens with two attached hydrogens (primary N) is 1. The van der Waals surface area contributed by atoms with Gasteiger partial charge in [-0.2, -0.15) is 0 Å². The number of hydrogen-bond donors (Lipinski definition) is 1. The van der Waals surface area contributed by atoms with Crippen molar-refractivity contribution >= 4 is 10.0 Å². The Morgan fingerprint density at radius 1 is 1.43 bits per heavy atom. The molecule has 0 amide bonds. The lowest BCUT2D eigenvalue weighted by molar-refractivity contribution is 0.511. The summed E-state index contributed by atoms with van der Waals surface area (Å²) >= 11 is 0. The zero-order valence-corrected chi connectivity index (χ0v) is 9.64. The predicted octanol–water partition coefficient (Wildman–Crippen LogP) is 1.58. The van der Waals surface area contributed by atoms with Crippen LogP contribution in [-0.2, 0) is 10.0 Å². The summed E-state index contributed by atoms with van der Waals surface area (Å²) in [4.78, 5) is 0. The first-order chi connectivity index (χ1) is 6.21. The average molecular weight is 215 g/mol. The maximum Gasteiger partial charge on any atom is 0.215 e. The minimum atomic E-state index is -3.43. The SMILES string of the molecule is CC(C)(C)C1=CCC(S(N)(=O)=O)C=C1. The molecule has 14 heavy (non-hydrogen) atoms. The van der Waals surface area contributed by atoms with Crippen LogP contribution in [0.4, 0.5) is 0 Å². The smallest absolute Gasteiger partial charge is 0.215 e. The molecular formula is C10H17NO2S. The van der Waals surface area contributed by atoms with Crippen LogP contribution in [0.3, 0.4) is 0 Å². The number of sulfonamides is 1. The first-order valence-electron chi connectivity index (χ1n) is 4.62. The van der Waals surface area contributed by atoms with Crippen LogP contribution in [0, 0.1) is 5.41 Å². The number of rotatable bonds is 1. The maximum absolute atomic E-state index is 11.0.